The molecule has 0 radical (unpaired) electrons. The van der Waals surface area contributed by atoms with Crippen molar-refractivity contribution in [3.63, 3.8) is 0 Å². The summed E-state index contributed by atoms with van der Waals surface area (Å²) in [5, 5.41) is 9.76. The Morgan fingerprint density at radius 1 is 0.929 bits per heavy atom. The van der Waals surface area contributed by atoms with Crippen LogP contribution in [0, 0.1) is 0 Å². The van der Waals surface area contributed by atoms with E-state index in [1.54, 1.807) is 26.0 Å². The number of hydrogen-bond donors (Lipinski definition) is 0. The molecule has 3 rings (SSSR count). The maximum absolute atomic E-state index is 5.57. The Bertz CT molecular complexity index is 864. The molecular weight excluding hydrogens is 374 g/mol. The second kappa shape index (κ2) is 10.1. The normalized spacial score (nSPS) is 10.8. The van der Waals surface area contributed by atoms with Crippen LogP contribution < -0.4 is 9.47 Å². The molecule has 0 N–H and O–H groups in total. The van der Waals surface area contributed by atoms with E-state index in [1.165, 1.54) is 0 Å². The van der Waals surface area contributed by atoms with Crippen molar-refractivity contribution in [2.75, 3.05) is 33.2 Å². The molecule has 0 spiro atoms. The van der Waals surface area contributed by atoms with E-state index in [9.17, 15) is 0 Å². The molecule has 3 aromatic rings. The number of rotatable bonds is 10. The highest BCUT2D eigenvalue weighted by atomic mass is 32.2. The van der Waals surface area contributed by atoms with E-state index >= 15 is 0 Å². The lowest BCUT2D eigenvalue weighted by Crippen LogP contribution is -2.01. The summed E-state index contributed by atoms with van der Waals surface area (Å²) in [5.41, 5.74) is 1.97. The average molecular weight is 400 g/mol. The van der Waals surface area contributed by atoms with Gasteiger partial charge < -0.3 is 14.2 Å². The van der Waals surface area contributed by atoms with Gasteiger partial charge in [0.25, 0.3) is 0 Å². The Hall–Kier alpha value is -2.51. The molecule has 0 saturated heterocycles. The van der Waals surface area contributed by atoms with Gasteiger partial charge in [-0.05, 0) is 61.9 Å². The van der Waals surface area contributed by atoms with Gasteiger partial charge in [-0.1, -0.05) is 11.8 Å². The van der Waals surface area contributed by atoms with E-state index in [-0.39, 0.29) is 0 Å². The minimum Gasteiger partial charge on any atom is -0.497 e. The fourth-order valence-electron chi connectivity index (χ4n) is 2.75. The van der Waals surface area contributed by atoms with Gasteiger partial charge in [-0.25, -0.2) is 0 Å². The number of nitrogens with zero attached hydrogens (tertiary/aromatic N) is 3. The van der Waals surface area contributed by atoms with Crippen LogP contribution in [0.4, 0.5) is 0 Å². The van der Waals surface area contributed by atoms with Crippen LogP contribution in [0.3, 0.4) is 0 Å². The number of ether oxygens (including phenoxy) is 3. The van der Waals surface area contributed by atoms with Crippen LogP contribution in [0.2, 0.25) is 0 Å². The third kappa shape index (κ3) is 4.85. The van der Waals surface area contributed by atoms with Crippen LogP contribution >= 0.6 is 11.8 Å². The molecule has 0 unspecified atom stereocenters. The van der Waals surface area contributed by atoms with Crippen molar-refractivity contribution in [3.8, 4) is 28.6 Å². The Morgan fingerprint density at radius 3 is 2.29 bits per heavy atom. The summed E-state index contributed by atoms with van der Waals surface area (Å²) in [4.78, 5) is 0. The molecule has 1 heterocycles. The van der Waals surface area contributed by atoms with Crippen molar-refractivity contribution in [1.29, 1.82) is 0 Å². The quantitative estimate of drug-likeness (QED) is 0.370. The summed E-state index contributed by atoms with van der Waals surface area (Å²) in [5.74, 6) is 3.36. The van der Waals surface area contributed by atoms with E-state index in [1.807, 2.05) is 55.5 Å². The van der Waals surface area contributed by atoms with Crippen molar-refractivity contribution in [1.82, 2.24) is 14.8 Å². The molecule has 0 atom stereocenters. The number of aromatic nitrogens is 3. The highest BCUT2D eigenvalue weighted by Crippen LogP contribution is 2.30. The van der Waals surface area contributed by atoms with Gasteiger partial charge in [0.15, 0.2) is 11.0 Å². The molecule has 7 heteroatoms. The predicted molar refractivity (Wildman–Crippen MR) is 112 cm³/mol. The van der Waals surface area contributed by atoms with E-state index in [0.717, 1.165) is 52.5 Å². The number of hydrogen-bond acceptors (Lipinski definition) is 6. The molecule has 0 aliphatic rings. The van der Waals surface area contributed by atoms with E-state index < -0.39 is 0 Å². The summed E-state index contributed by atoms with van der Waals surface area (Å²) in [7, 11) is 3.38. The summed E-state index contributed by atoms with van der Waals surface area (Å²) >= 11 is 1.67. The fourth-order valence-corrected chi connectivity index (χ4v) is 3.61. The Balaban J connectivity index is 1.95. The van der Waals surface area contributed by atoms with Crippen LogP contribution in [0.1, 0.15) is 13.3 Å². The third-order valence-electron chi connectivity index (χ3n) is 4.11. The lowest BCUT2D eigenvalue weighted by Gasteiger charge is -2.12. The monoisotopic (exact) mass is 399 g/mol. The Labute approximate surface area is 169 Å². The number of methoxy groups -OCH3 is 2. The summed E-state index contributed by atoms with van der Waals surface area (Å²) in [6.45, 7) is 3.35. The van der Waals surface area contributed by atoms with E-state index in [4.69, 9.17) is 14.2 Å². The fraction of sp³-hybridized carbons (Fsp3) is 0.333. The van der Waals surface area contributed by atoms with Gasteiger partial charge in [-0.3, -0.25) is 4.57 Å². The molecule has 28 heavy (non-hydrogen) atoms. The molecule has 0 saturated carbocycles. The average Bonchev–Trinajstić information content (AvgIpc) is 3.16. The first-order valence-electron chi connectivity index (χ1n) is 9.21. The van der Waals surface area contributed by atoms with Crippen LogP contribution in [0.25, 0.3) is 17.1 Å². The van der Waals surface area contributed by atoms with Crippen molar-refractivity contribution < 1.29 is 14.2 Å². The van der Waals surface area contributed by atoms with Crippen LogP contribution in [0.5, 0.6) is 11.5 Å². The lowest BCUT2D eigenvalue weighted by atomic mass is 10.2. The first kappa shape index (κ1) is 20.2. The van der Waals surface area contributed by atoms with E-state index in [0.29, 0.717) is 6.61 Å². The van der Waals surface area contributed by atoms with Crippen LogP contribution in [-0.4, -0.2) is 48.0 Å². The molecule has 0 aliphatic carbocycles. The summed E-state index contributed by atoms with van der Waals surface area (Å²) in [6, 6.07) is 15.8. The van der Waals surface area contributed by atoms with Gasteiger partial charge in [0.05, 0.1) is 13.7 Å². The minimum absolute atomic E-state index is 0.643. The zero-order valence-electron chi connectivity index (χ0n) is 16.4. The Kier molecular flexibility index (Phi) is 7.33. The molecular formula is C21H25N3O3S. The zero-order valence-corrected chi connectivity index (χ0v) is 17.2. The molecule has 6 nitrogen and oxygen atoms in total. The molecule has 0 bridgehead atoms. The van der Waals surface area contributed by atoms with Crippen molar-refractivity contribution in [2.45, 2.75) is 18.5 Å². The SMILES string of the molecule is CCOc1ccc(-n2c(SCCCOC)nnc2-c2ccc(OC)cc2)cc1. The van der Waals surface area contributed by atoms with Crippen molar-refractivity contribution >= 4 is 11.8 Å². The number of benzene rings is 2. The predicted octanol–water partition coefficient (Wildman–Crippen LogP) is 4.47. The van der Waals surface area contributed by atoms with Gasteiger partial charge in [0, 0.05) is 30.7 Å². The van der Waals surface area contributed by atoms with Gasteiger partial charge in [0.1, 0.15) is 11.5 Å². The second-order valence-corrected chi connectivity index (χ2v) is 7.05. The molecule has 2 aromatic carbocycles. The molecule has 0 amide bonds. The lowest BCUT2D eigenvalue weighted by molar-refractivity contribution is 0.200. The van der Waals surface area contributed by atoms with Crippen LogP contribution in [-0.2, 0) is 4.74 Å². The first-order valence-corrected chi connectivity index (χ1v) is 10.2. The van der Waals surface area contributed by atoms with Gasteiger partial charge in [-0.2, -0.15) is 0 Å². The molecule has 0 fully saturated rings. The van der Waals surface area contributed by atoms with Gasteiger partial charge in [-0.15, -0.1) is 10.2 Å². The number of thioether (sulfide) groups is 1. The second-order valence-electron chi connectivity index (χ2n) is 5.99. The van der Waals surface area contributed by atoms with Crippen molar-refractivity contribution in [2.24, 2.45) is 0 Å². The highest BCUT2D eigenvalue weighted by Gasteiger charge is 2.16. The van der Waals surface area contributed by atoms with Crippen molar-refractivity contribution in [3.05, 3.63) is 48.5 Å². The maximum atomic E-state index is 5.57. The third-order valence-corrected chi connectivity index (χ3v) is 5.13. The summed E-state index contributed by atoms with van der Waals surface area (Å²) < 4.78 is 18.1. The standard InChI is InChI=1S/C21H25N3O3S/c1-4-27-19-12-8-17(9-13-19)24-20(16-6-10-18(26-3)11-7-16)22-23-21(24)28-15-5-14-25-2/h6-13H,4-5,14-15H2,1-3H3. The molecule has 148 valence electrons. The topological polar surface area (TPSA) is 58.4 Å². The summed E-state index contributed by atoms with van der Waals surface area (Å²) in [6.07, 6.45) is 0.954. The Morgan fingerprint density at radius 2 is 1.64 bits per heavy atom. The zero-order chi connectivity index (χ0) is 19.8. The minimum atomic E-state index is 0.643. The molecule has 1 aromatic heterocycles. The van der Waals surface area contributed by atoms with Gasteiger partial charge >= 0.3 is 0 Å². The van der Waals surface area contributed by atoms with E-state index in [2.05, 4.69) is 14.8 Å². The molecule has 0 aliphatic heterocycles. The smallest absolute Gasteiger partial charge is 0.196 e. The van der Waals surface area contributed by atoms with Gasteiger partial charge in [0.2, 0.25) is 0 Å². The van der Waals surface area contributed by atoms with Crippen LogP contribution in [0.15, 0.2) is 53.7 Å². The maximum Gasteiger partial charge on any atom is 0.196 e. The largest absolute Gasteiger partial charge is 0.497 e. The highest BCUT2D eigenvalue weighted by molar-refractivity contribution is 7.99. The first-order chi connectivity index (χ1) is 13.8.